The summed E-state index contributed by atoms with van der Waals surface area (Å²) in [5.74, 6) is 0. The van der Waals surface area contributed by atoms with Gasteiger partial charge in [-0.3, -0.25) is 0 Å². The molecule has 0 radical (unpaired) electrons. The minimum absolute atomic E-state index is 1.12. The second-order valence-corrected chi connectivity index (χ2v) is 18.9. The van der Waals surface area contributed by atoms with Crippen LogP contribution in [0.4, 0.5) is 17.1 Å². The average molecular weight is 754 g/mol. The van der Waals surface area contributed by atoms with Gasteiger partial charge in [0.25, 0.3) is 0 Å². The summed E-state index contributed by atoms with van der Waals surface area (Å²) >= 11 is 0. The lowest BCUT2D eigenvalue weighted by Crippen LogP contribution is -2.72. The molecule has 0 unspecified atom stereocenters. The van der Waals surface area contributed by atoms with Crippen LogP contribution in [0, 0.1) is 0 Å². The fourth-order valence-corrected chi connectivity index (χ4v) is 14.8. The Morgan fingerprint density at radius 2 is 0.810 bits per heavy atom. The molecule has 0 atom stereocenters. The lowest BCUT2D eigenvalue weighted by atomic mass is 9.91. The molecule has 0 aromatic heterocycles. The zero-order valence-electron chi connectivity index (χ0n) is 32.0. The summed E-state index contributed by atoms with van der Waals surface area (Å²) in [6, 6.07) is 87.6. The number of fused-ring (bicyclic) bond motifs is 5. The molecule has 1 aliphatic rings. The van der Waals surface area contributed by atoms with Gasteiger partial charge in [-0.05, 0) is 107 Å². The summed E-state index contributed by atoms with van der Waals surface area (Å²) in [5.41, 5.74) is 11.0. The van der Waals surface area contributed by atoms with Crippen molar-refractivity contribution in [3.8, 4) is 33.4 Å². The smallest absolute Gasteiger partial charge is 0.180 e. The van der Waals surface area contributed by atoms with Gasteiger partial charge in [0, 0.05) is 16.8 Å². The highest BCUT2D eigenvalue weighted by Gasteiger charge is 2.48. The van der Waals surface area contributed by atoms with Crippen molar-refractivity contribution in [1.29, 1.82) is 0 Å². The Kier molecular flexibility index (Phi) is 8.23. The molecule has 1 nitrogen and oxygen atoms in total. The predicted molar refractivity (Wildman–Crippen MR) is 250 cm³/mol. The summed E-state index contributed by atoms with van der Waals surface area (Å²) in [7, 11) is -2.67. The van der Waals surface area contributed by atoms with E-state index in [0.717, 1.165) is 17.1 Å². The summed E-state index contributed by atoms with van der Waals surface area (Å²) in [6.45, 7) is 0. The van der Waals surface area contributed by atoms with Gasteiger partial charge in [0.15, 0.2) is 8.07 Å². The Balaban J connectivity index is 1.11. The number of nitrogens with zero attached hydrogens (tertiary/aromatic N) is 1. The van der Waals surface area contributed by atoms with Crippen molar-refractivity contribution in [2.45, 2.75) is 0 Å². The van der Waals surface area contributed by atoms with Gasteiger partial charge in [0.05, 0.1) is 5.69 Å². The second kappa shape index (κ2) is 14.0. The van der Waals surface area contributed by atoms with Crippen molar-refractivity contribution in [3.05, 3.63) is 237 Å². The second-order valence-electron chi connectivity index (χ2n) is 15.2. The maximum absolute atomic E-state index is 2.67. The van der Waals surface area contributed by atoms with Gasteiger partial charge in [-0.25, -0.2) is 0 Å². The quantitative estimate of drug-likeness (QED) is 0.147. The molecule has 2 heteroatoms. The Morgan fingerprint density at radius 1 is 0.310 bits per heavy atom. The third kappa shape index (κ3) is 5.38. The van der Waals surface area contributed by atoms with E-state index in [-0.39, 0.29) is 0 Å². The maximum Gasteiger partial charge on any atom is 0.180 e. The molecule has 0 amide bonds. The van der Waals surface area contributed by atoms with E-state index in [1.165, 1.54) is 75.7 Å². The van der Waals surface area contributed by atoms with Crippen molar-refractivity contribution < 1.29 is 0 Å². The van der Waals surface area contributed by atoms with E-state index in [9.17, 15) is 0 Å². The fourth-order valence-electron chi connectivity index (χ4n) is 9.63. The molecule has 272 valence electrons. The summed E-state index contributed by atoms with van der Waals surface area (Å²) in [6.07, 6.45) is 0. The van der Waals surface area contributed by atoms with Gasteiger partial charge in [0.2, 0.25) is 0 Å². The van der Waals surface area contributed by atoms with Gasteiger partial charge in [-0.2, -0.15) is 0 Å². The Hall–Kier alpha value is -7.26. The number of para-hydroxylation sites is 1. The Bertz CT molecular complexity index is 3040. The van der Waals surface area contributed by atoms with E-state index in [2.05, 4.69) is 241 Å². The third-order valence-corrected chi connectivity index (χ3v) is 17.0. The van der Waals surface area contributed by atoms with Crippen LogP contribution in [0.15, 0.2) is 237 Å². The normalized spacial score (nSPS) is 12.6. The van der Waals surface area contributed by atoms with Gasteiger partial charge in [0.1, 0.15) is 0 Å². The highest BCUT2D eigenvalue weighted by molar-refractivity contribution is 7.22. The first kappa shape index (κ1) is 34.0. The van der Waals surface area contributed by atoms with Gasteiger partial charge in [-0.1, -0.05) is 200 Å². The van der Waals surface area contributed by atoms with E-state index >= 15 is 0 Å². The minimum atomic E-state index is -2.67. The van der Waals surface area contributed by atoms with E-state index in [1.54, 1.807) is 0 Å². The molecule has 0 saturated carbocycles. The molecule has 0 saturated heterocycles. The topological polar surface area (TPSA) is 3.24 Å². The molecule has 0 spiro atoms. The van der Waals surface area contributed by atoms with Crippen LogP contribution >= 0.6 is 0 Å². The maximum atomic E-state index is 2.55. The van der Waals surface area contributed by atoms with Crippen molar-refractivity contribution in [1.82, 2.24) is 0 Å². The highest BCUT2D eigenvalue weighted by atomic mass is 28.3. The molecule has 58 heavy (non-hydrogen) atoms. The van der Waals surface area contributed by atoms with Crippen molar-refractivity contribution in [2.75, 3.05) is 4.90 Å². The first-order valence-corrected chi connectivity index (χ1v) is 22.1. The average Bonchev–Trinajstić information content (AvgIpc) is 3.59. The van der Waals surface area contributed by atoms with Crippen LogP contribution in [0.5, 0.6) is 0 Å². The van der Waals surface area contributed by atoms with Gasteiger partial charge < -0.3 is 4.90 Å². The van der Waals surface area contributed by atoms with Crippen LogP contribution in [-0.2, 0) is 0 Å². The molecule has 10 aromatic carbocycles. The summed E-state index contributed by atoms with van der Waals surface area (Å²) in [5, 5.41) is 10.7. The third-order valence-electron chi connectivity index (χ3n) is 12.1. The first-order valence-electron chi connectivity index (χ1n) is 20.1. The summed E-state index contributed by atoms with van der Waals surface area (Å²) in [4.78, 5) is 2.44. The lowest BCUT2D eigenvalue weighted by Gasteiger charge is -2.32. The fraction of sp³-hybridized carbons (Fsp3) is 0. The molecule has 11 rings (SSSR count). The van der Waals surface area contributed by atoms with Crippen LogP contribution in [0.1, 0.15) is 0 Å². The first-order chi connectivity index (χ1) is 28.8. The number of benzene rings is 10. The number of hydrogen-bond donors (Lipinski definition) is 0. The van der Waals surface area contributed by atoms with E-state index in [4.69, 9.17) is 0 Å². The monoisotopic (exact) mass is 753 g/mol. The number of rotatable bonds is 7. The van der Waals surface area contributed by atoms with E-state index in [1.807, 2.05) is 0 Å². The standard InChI is InChI=1S/C56H39NSi/c1-5-18-40(19-6-1)48-30-15-20-42-21-16-31-49(56(42)48)41-34-36-45(37-35-41)57(44-23-7-2-8-24-44)53-32-17-22-43-38-52-50-29-13-14-33-54(50)58(55(52)39-51(43)53,46-25-9-3-10-26-46)47-27-11-4-12-28-47/h1-39H. The molecule has 0 fully saturated rings. The molecule has 0 bridgehead atoms. The largest absolute Gasteiger partial charge is 0.310 e. The van der Waals surface area contributed by atoms with E-state index in [0.29, 0.717) is 0 Å². The van der Waals surface area contributed by atoms with Crippen LogP contribution in [-0.4, -0.2) is 8.07 Å². The molecular formula is C56H39NSi. The molecule has 0 N–H and O–H groups in total. The lowest BCUT2D eigenvalue weighted by molar-refractivity contribution is 1.30. The zero-order valence-corrected chi connectivity index (χ0v) is 33.0. The zero-order chi connectivity index (χ0) is 38.5. The SMILES string of the molecule is c1ccc(-c2cccc3cccc(-c4ccc(N(c5ccccc5)c5cccc6cc7c(cc56)[Si](c5ccccc5)(c5ccccc5)c5ccccc5-7)cc4)c23)cc1. The van der Waals surface area contributed by atoms with E-state index < -0.39 is 8.07 Å². The van der Waals surface area contributed by atoms with Crippen LogP contribution in [0.2, 0.25) is 0 Å². The van der Waals surface area contributed by atoms with Gasteiger partial charge >= 0.3 is 0 Å². The molecule has 1 aliphatic heterocycles. The molecular weight excluding hydrogens is 715 g/mol. The van der Waals surface area contributed by atoms with Crippen LogP contribution in [0.3, 0.4) is 0 Å². The van der Waals surface area contributed by atoms with Crippen molar-refractivity contribution in [3.63, 3.8) is 0 Å². The van der Waals surface area contributed by atoms with Crippen molar-refractivity contribution in [2.24, 2.45) is 0 Å². The summed E-state index contributed by atoms with van der Waals surface area (Å²) < 4.78 is 0. The number of hydrogen-bond acceptors (Lipinski definition) is 1. The number of anilines is 3. The Labute approximate surface area is 340 Å². The van der Waals surface area contributed by atoms with Gasteiger partial charge in [-0.15, -0.1) is 0 Å². The minimum Gasteiger partial charge on any atom is -0.310 e. The molecule has 0 aliphatic carbocycles. The molecule has 10 aromatic rings. The predicted octanol–water partition coefficient (Wildman–Crippen LogP) is 12.2. The Morgan fingerprint density at radius 3 is 1.47 bits per heavy atom. The van der Waals surface area contributed by atoms with Crippen LogP contribution < -0.4 is 25.6 Å². The molecule has 1 heterocycles. The van der Waals surface area contributed by atoms with Crippen LogP contribution in [0.25, 0.3) is 54.9 Å². The van der Waals surface area contributed by atoms with Crippen molar-refractivity contribution >= 4 is 67.4 Å². The highest BCUT2D eigenvalue weighted by Crippen LogP contribution is 2.42.